The molecule has 2 aromatic carbocycles. The molecule has 2 heterocycles. The normalized spacial score (nSPS) is 12.0. The Bertz CT molecular complexity index is 1190. The second-order valence-corrected chi connectivity index (χ2v) is 7.26. The molecule has 5 nitrogen and oxygen atoms in total. The van der Waals surface area contributed by atoms with Crippen molar-refractivity contribution < 1.29 is 4.74 Å². The SMILES string of the molecule is CCCn1cnc2c(c1=O)CC(c1ccc(OCC#Cc3ccc(C)cc3)cc1)=N2. The molecule has 0 N–H and O–H groups in total. The summed E-state index contributed by atoms with van der Waals surface area (Å²) in [5.41, 5.74) is 4.70. The van der Waals surface area contributed by atoms with E-state index in [4.69, 9.17) is 4.74 Å². The van der Waals surface area contributed by atoms with E-state index in [0.717, 1.165) is 29.0 Å². The van der Waals surface area contributed by atoms with E-state index in [1.165, 1.54) is 5.56 Å². The summed E-state index contributed by atoms with van der Waals surface area (Å²) in [7, 11) is 0. The van der Waals surface area contributed by atoms with Gasteiger partial charge in [-0.05, 0) is 55.3 Å². The predicted octanol–water partition coefficient (Wildman–Crippen LogP) is 4.07. The molecule has 150 valence electrons. The Kier molecular flexibility index (Phi) is 5.76. The number of hydrogen-bond donors (Lipinski definition) is 0. The average Bonchev–Trinajstić information content (AvgIpc) is 3.20. The van der Waals surface area contributed by atoms with Crippen LogP contribution in [0.4, 0.5) is 5.82 Å². The second-order valence-electron chi connectivity index (χ2n) is 7.26. The van der Waals surface area contributed by atoms with Crippen LogP contribution in [0.15, 0.2) is 64.6 Å². The highest BCUT2D eigenvalue weighted by Crippen LogP contribution is 2.24. The van der Waals surface area contributed by atoms with Gasteiger partial charge >= 0.3 is 0 Å². The van der Waals surface area contributed by atoms with Crippen LogP contribution >= 0.6 is 0 Å². The van der Waals surface area contributed by atoms with Crippen molar-refractivity contribution in [2.75, 3.05) is 6.61 Å². The highest BCUT2D eigenvalue weighted by Gasteiger charge is 2.21. The zero-order valence-corrected chi connectivity index (χ0v) is 17.2. The minimum atomic E-state index is 0.00713. The molecule has 0 spiro atoms. The average molecular weight is 397 g/mol. The first-order valence-corrected chi connectivity index (χ1v) is 10.1. The first-order chi connectivity index (χ1) is 14.6. The molecule has 0 aliphatic carbocycles. The molecule has 30 heavy (non-hydrogen) atoms. The summed E-state index contributed by atoms with van der Waals surface area (Å²) >= 11 is 0. The molecule has 1 aliphatic rings. The van der Waals surface area contributed by atoms with E-state index in [9.17, 15) is 4.79 Å². The molecular weight excluding hydrogens is 374 g/mol. The van der Waals surface area contributed by atoms with Gasteiger partial charge in [0.25, 0.3) is 5.56 Å². The van der Waals surface area contributed by atoms with E-state index in [0.29, 0.717) is 31.0 Å². The van der Waals surface area contributed by atoms with E-state index < -0.39 is 0 Å². The lowest BCUT2D eigenvalue weighted by molar-refractivity contribution is 0.370. The van der Waals surface area contributed by atoms with Gasteiger partial charge in [0.05, 0.1) is 17.6 Å². The number of aromatic nitrogens is 2. The van der Waals surface area contributed by atoms with Crippen LogP contribution in [0.25, 0.3) is 0 Å². The second kappa shape index (κ2) is 8.79. The lowest BCUT2D eigenvalue weighted by Crippen LogP contribution is -2.23. The fourth-order valence-corrected chi connectivity index (χ4v) is 3.31. The van der Waals surface area contributed by atoms with E-state index >= 15 is 0 Å². The van der Waals surface area contributed by atoms with Crippen LogP contribution < -0.4 is 10.3 Å². The lowest BCUT2D eigenvalue weighted by Gasteiger charge is -2.05. The predicted molar refractivity (Wildman–Crippen MR) is 119 cm³/mol. The van der Waals surface area contributed by atoms with Gasteiger partial charge in [0, 0.05) is 18.5 Å². The highest BCUT2D eigenvalue weighted by atomic mass is 16.5. The Morgan fingerprint density at radius 2 is 1.87 bits per heavy atom. The topological polar surface area (TPSA) is 56.5 Å². The number of rotatable bonds is 5. The summed E-state index contributed by atoms with van der Waals surface area (Å²) in [6.45, 7) is 5.09. The molecule has 5 heteroatoms. The number of ether oxygens (including phenoxy) is 1. The van der Waals surface area contributed by atoms with E-state index in [2.05, 4.69) is 28.7 Å². The van der Waals surface area contributed by atoms with Crippen molar-refractivity contribution in [2.24, 2.45) is 4.99 Å². The molecule has 0 bridgehead atoms. The van der Waals surface area contributed by atoms with Gasteiger partial charge in [-0.25, -0.2) is 9.98 Å². The summed E-state index contributed by atoms with van der Waals surface area (Å²) in [5, 5.41) is 0. The van der Waals surface area contributed by atoms with Crippen LogP contribution in [0.3, 0.4) is 0 Å². The summed E-state index contributed by atoms with van der Waals surface area (Å²) < 4.78 is 7.37. The molecule has 1 aromatic heterocycles. The number of hydrogen-bond acceptors (Lipinski definition) is 4. The molecule has 0 amide bonds. The third-order valence-corrected chi connectivity index (χ3v) is 4.94. The van der Waals surface area contributed by atoms with Gasteiger partial charge in [-0.15, -0.1) is 0 Å². The van der Waals surface area contributed by atoms with Gasteiger partial charge in [0.1, 0.15) is 12.4 Å². The standard InChI is InChI=1S/C25H23N3O2/c1-3-14-28-17-26-24-22(25(28)29)16-23(27-24)20-10-12-21(13-11-20)30-15-4-5-19-8-6-18(2)7-9-19/h6-13,17H,3,14-16H2,1-2H3. The highest BCUT2D eigenvalue weighted by molar-refractivity contribution is 6.06. The third kappa shape index (κ3) is 4.33. The molecule has 0 saturated carbocycles. The Morgan fingerprint density at radius 1 is 1.10 bits per heavy atom. The molecule has 0 saturated heterocycles. The Hall–Kier alpha value is -3.65. The lowest BCUT2D eigenvalue weighted by atomic mass is 10.1. The van der Waals surface area contributed by atoms with Gasteiger partial charge in [-0.1, -0.05) is 36.5 Å². The molecule has 3 aromatic rings. The maximum atomic E-state index is 12.6. The number of aliphatic imine (C=N–C) groups is 1. The van der Waals surface area contributed by atoms with Crippen molar-refractivity contribution in [3.63, 3.8) is 0 Å². The molecule has 0 radical (unpaired) electrons. The number of aryl methyl sites for hydroxylation is 2. The van der Waals surface area contributed by atoms with Crippen LogP contribution in [0.2, 0.25) is 0 Å². The van der Waals surface area contributed by atoms with E-state index in [-0.39, 0.29) is 5.56 Å². The van der Waals surface area contributed by atoms with Crippen molar-refractivity contribution in [3.8, 4) is 17.6 Å². The van der Waals surface area contributed by atoms with Crippen LogP contribution in [0.1, 0.15) is 35.6 Å². The summed E-state index contributed by atoms with van der Waals surface area (Å²) in [5.74, 6) is 7.41. The molecule has 0 unspecified atom stereocenters. The summed E-state index contributed by atoms with van der Waals surface area (Å²) in [6.07, 6.45) is 2.99. The molecular formula is C25H23N3O2. The molecule has 0 atom stereocenters. The van der Waals surface area contributed by atoms with Crippen molar-refractivity contribution in [1.82, 2.24) is 9.55 Å². The maximum Gasteiger partial charge on any atom is 0.259 e. The van der Waals surface area contributed by atoms with Crippen LogP contribution in [0.5, 0.6) is 5.75 Å². The maximum absolute atomic E-state index is 12.6. The van der Waals surface area contributed by atoms with Crippen molar-refractivity contribution in [3.05, 3.63) is 87.5 Å². The fourth-order valence-electron chi connectivity index (χ4n) is 3.31. The van der Waals surface area contributed by atoms with Gasteiger partial charge < -0.3 is 4.74 Å². The Morgan fingerprint density at radius 3 is 2.60 bits per heavy atom. The minimum Gasteiger partial charge on any atom is -0.481 e. The summed E-state index contributed by atoms with van der Waals surface area (Å²) in [4.78, 5) is 21.5. The quantitative estimate of drug-likeness (QED) is 0.610. The smallest absolute Gasteiger partial charge is 0.259 e. The van der Waals surface area contributed by atoms with Crippen LogP contribution in [0, 0.1) is 18.8 Å². The number of fused-ring (bicyclic) bond motifs is 1. The van der Waals surface area contributed by atoms with Crippen molar-refractivity contribution in [1.29, 1.82) is 0 Å². The van der Waals surface area contributed by atoms with Gasteiger partial charge in [-0.2, -0.15) is 0 Å². The van der Waals surface area contributed by atoms with E-state index in [1.807, 2.05) is 55.5 Å². The zero-order valence-electron chi connectivity index (χ0n) is 17.2. The minimum absolute atomic E-state index is 0.00713. The monoisotopic (exact) mass is 397 g/mol. The van der Waals surface area contributed by atoms with Crippen molar-refractivity contribution >= 4 is 11.5 Å². The fraction of sp³-hybridized carbons (Fsp3) is 0.240. The Labute approximate surface area is 176 Å². The zero-order chi connectivity index (χ0) is 20.9. The first-order valence-electron chi connectivity index (χ1n) is 10.1. The number of nitrogens with zero attached hydrogens (tertiary/aromatic N) is 3. The Balaban J connectivity index is 1.39. The molecule has 1 aliphatic heterocycles. The third-order valence-electron chi connectivity index (χ3n) is 4.94. The van der Waals surface area contributed by atoms with Gasteiger partial charge in [0.2, 0.25) is 0 Å². The number of benzene rings is 2. The largest absolute Gasteiger partial charge is 0.481 e. The summed E-state index contributed by atoms with van der Waals surface area (Å²) in [6, 6.07) is 15.8. The van der Waals surface area contributed by atoms with Gasteiger partial charge in [-0.3, -0.25) is 9.36 Å². The van der Waals surface area contributed by atoms with E-state index in [1.54, 1.807) is 10.9 Å². The van der Waals surface area contributed by atoms with Gasteiger partial charge in [0.15, 0.2) is 5.82 Å². The first kappa shape index (κ1) is 19.7. The molecule has 4 rings (SSSR count). The van der Waals surface area contributed by atoms with Crippen LogP contribution in [-0.4, -0.2) is 21.9 Å². The van der Waals surface area contributed by atoms with Crippen LogP contribution in [-0.2, 0) is 13.0 Å². The molecule has 0 fully saturated rings. The van der Waals surface area contributed by atoms with Crippen molar-refractivity contribution in [2.45, 2.75) is 33.2 Å².